The number of ether oxygens (including phenoxy) is 1. The van der Waals surface area contributed by atoms with Gasteiger partial charge in [0.2, 0.25) is 0 Å². The molecular weight excluding hydrogens is 648 g/mol. The van der Waals surface area contributed by atoms with Gasteiger partial charge in [-0.05, 0) is 61.1 Å². The Hall–Kier alpha value is -4.29. The third-order valence-electron chi connectivity index (χ3n) is 8.51. The summed E-state index contributed by atoms with van der Waals surface area (Å²) in [5.74, 6) is 0.537. The number of hydrogen-bond acceptors (Lipinski definition) is 8. The summed E-state index contributed by atoms with van der Waals surface area (Å²) in [6.07, 6.45) is 4.72. The first-order chi connectivity index (χ1) is 23.3. The average molecular weight is 687 g/mol. The molecular formula is C36H39ClN6O4S. The number of carbonyl (C=O) groups is 1. The molecule has 0 unspecified atom stereocenters. The summed E-state index contributed by atoms with van der Waals surface area (Å²) in [7, 11) is 3.72. The second-order valence-electron chi connectivity index (χ2n) is 11.6. The fraction of sp³-hybridized carbons (Fsp3) is 0.306. The van der Waals surface area contributed by atoms with Crippen LogP contribution in [0.1, 0.15) is 46.3 Å². The molecule has 0 fully saturated rings. The maximum atomic E-state index is 12.7. The van der Waals surface area contributed by atoms with Crippen molar-refractivity contribution in [2.75, 3.05) is 26.3 Å². The van der Waals surface area contributed by atoms with Crippen molar-refractivity contribution in [1.29, 1.82) is 0 Å². The number of carboxylic acids is 1. The quantitative estimate of drug-likeness (QED) is 0.142. The zero-order valence-corrected chi connectivity index (χ0v) is 28.8. The summed E-state index contributed by atoms with van der Waals surface area (Å²) in [6.45, 7) is 3.29. The van der Waals surface area contributed by atoms with Crippen LogP contribution in [0.5, 0.6) is 5.75 Å². The van der Waals surface area contributed by atoms with Crippen LogP contribution in [0.15, 0.2) is 70.3 Å². The highest BCUT2D eigenvalue weighted by molar-refractivity contribution is 7.98. The molecule has 0 saturated heterocycles. The number of nitrogens with zero attached hydrogens (tertiary/aromatic N) is 5. The summed E-state index contributed by atoms with van der Waals surface area (Å²) in [5.41, 5.74) is 5.10. The third kappa shape index (κ3) is 6.95. The highest BCUT2D eigenvalue weighted by Crippen LogP contribution is 2.36. The number of fused-ring (bicyclic) bond motifs is 6. The Morgan fingerprint density at radius 2 is 2.00 bits per heavy atom. The molecule has 3 heterocycles. The zero-order chi connectivity index (χ0) is 33.8. The van der Waals surface area contributed by atoms with Crippen molar-refractivity contribution < 1.29 is 19.7 Å². The monoisotopic (exact) mass is 686 g/mol. The number of aromatic nitrogens is 3. The number of benzene rings is 3. The Kier molecular flexibility index (Phi) is 10.4. The van der Waals surface area contributed by atoms with E-state index in [1.54, 1.807) is 34.6 Å². The van der Waals surface area contributed by atoms with Crippen molar-refractivity contribution >= 4 is 63.3 Å². The van der Waals surface area contributed by atoms with Gasteiger partial charge in [-0.15, -0.1) is 11.8 Å². The number of halogens is 1. The van der Waals surface area contributed by atoms with Gasteiger partial charge in [0, 0.05) is 71.1 Å². The van der Waals surface area contributed by atoms with E-state index in [0.29, 0.717) is 48.6 Å². The molecule has 8 bridgehead atoms. The lowest BCUT2D eigenvalue weighted by Crippen LogP contribution is -2.28. The number of carboxylic acid groups (broad SMARTS) is 1. The van der Waals surface area contributed by atoms with Crippen molar-refractivity contribution in [2.24, 2.45) is 19.2 Å². The van der Waals surface area contributed by atoms with Crippen LogP contribution in [-0.2, 0) is 32.8 Å². The topological polar surface area (TPSA) is 117 Å². The predicted molar refractivity (Wildman–Crippen MR) is 193 cm³/mol. The van der Waals surface area contributed by atoms with Crippen molar-refractivity contribution in [2.45, 2.75) is 37.0 Å². The Morgan fingerprint density at radius 1 is 1.17 bits per heavy atom. The third-order valence-corrected chi connectivity index (χ3v) is 9.85. The minimum Gasteiger partial charge on any atom is -0.493 e. The van der Waals surface area contributed by atoms with Crippen LogP contribution < -0.4 is 10.1 Å². The molecule has 12 heteroatoms. The lowest BCUT2D eigenvalue weighted by atomic mass is 10.0. The van der Waals surface area contributed by atoms with Crippen LogP contribution >= 0.6 is 23.4 Å². The fourth-order valence-electron chi connectivity index (χ4n) is 6.34. The van der Waals surface area contributed by atoms with Crippen LogP contribution in [0.2, 0.25) is 5.02 Å². The molecule has 0 amide bonds. The lowest BCUT2D eigenvalue weighted by molar-refractivity contribution is 0.0685. The molecule has 2 aromatic heterocycles. The largest absolute Gasteiger partial charge is 0.493 e. The van der Waals surface area contributed by atoms with Gasteiger partial charge in [0.1, 0.15) is 11.4 Å². The van der Waals surface area contributed by atoms with Crippen LogP contribution in [0.3, 0.4) is 0 Å². The first-order valence-electron chi connectivity index (χ1n) is 15.9. The Balaban J connectivity index is 1.47. The highest BCUT2D eigenvalue weighted by Gasteiger charge is 2.24. The van der Waals surface area contributed by atoms with Gasteiger partial charge in [-0.3, -0.25) is 9.69 Å². The van der Waals surface area contributed by atoms with E-state index in [2.05, 4.69) is 40.8 Å². The number of aliphatic hydroxyl groups excluding tert-OH is 1. The van der Waals surface area contributed by atoms with E-state index in [0.717, 1.165) is 55.2 Å². The molecule has 0 aliphatic carbocycles. The molecule has 48 heavy (non-hydrogen) atoms. The standard InChI is InChI=1S/C36H39ClN6O4S/c1-4-39-43(13-14-44)25-18-31-32(37)12-11-30-29(35(36(45)46)41(2)34(30)31)10-7-15-47-33-19-27(16-23-8-5-6-9-28(23)33)48-22-26-17-24(20-38-21-25)40-42(26)3/h4-6,8-9,11-12,16-19,38,44H,7,10,13-15,20-22H2,1-3H3,(H,45,46)/b25-18+,39-4+. The van der Waals surface area contributed by atoms with Crippen LogP contribution in [0, 0.1) is 0 Å². The van der Waals surface area contributed by atoms with Gasteiger partial charge in [-0.25, -0.2) is 4.79 Å². The second-order valence-corrected chi connectivity index (χ2v) is 13.1. The molecule has 3 N–H and O–H groups in total. The van der Waals surface area contributed by atoms with E-state index in [1.165, 1.54) is 0 Å². The molecule has 0 radical (unpaired) electrons. The van der Waals surface area contributed by atoms with Crippen molar-refractivity contribution in [3.05, 3.63) is 93.5 Å². The molecule has 250 valence electrons. The number of rotatable bonds is 5. The first kappa shape index (κ1) is 33.6. The summed E-state index contributed by atoms with van der Waals surface area (Å²) in [5, 5.41) is 38.2. The number of aryl methyl sites for hydroxylation is 3. The maximum absolute atomic E-state index is 12.7. The van der Waals surface area contributed by atoms with Crippen molar-refractivity contribution in [3.63, 3.8) is 0 Å². The first-order valence-corrected chi connectivity index (χ1v) is 17.3. The van der Waals surface area contributed by atoms with Gasteiger partial charge in [0.15, 0.2) is 0 Å². The smallest absolute Gasteiger partial charge is 0.352 e. The van der Waals surface area contributed by atoms with Gasteiger partial charge in [-0.2, -0.15) is 10.2 Å². The van der Waals surface area contributed by atoms with Crippen LogP contribution in [0.4, 0.5) is 0 Å². The second kappa shape index (κ2) is 14.9. The van der Waals surface area contributed by atoms with E-state index in [1.807, 2.05) is 49.0 Å². The van der Waals surface area contributed by atoms with Crippen LogP contribution in [-0.4, -0.2) is 68.1 Å². The molecule has 1 aliphatic rings. The normalized spacial score (nSPS) is 15.7. The SMILES string of the molecule is C/C=N/N(CCO)/C1=C/c2c(Cl)ccc3c(c(C(=O)O)n(C)c23)CCCOc2cc(cc3ccccc23)SCc2cc(nn2C)CNC1. The van der Waals surface area contributed by atoms with E-state index < -0.39 is 5.97 Å². The minimum atomic E-state index is -1.00. The van der Waals surface area contributed by atoms with Gasteiger partial charge < -0.3 is 24.8 Å². The summed E-state index contributed by atoms with van der Waals surface area (Å²) in [4.78, 5) is 13.8. The molecule has 0 spiro atoms. The van der Waals surface area contributed by atoms with Crippen LogP contribution in [0.25, 0.3) is 27.8 Å². The highest BCUT2D eigenvalue weighted by atomic mass is 35.5. The van der Waals surface area contributed by atoms with Crippen molar-refractivity contribution in [1.82, 2.24) is 24.7 Å². The number of hydrogen-bond donors (Lipinski definition) is 3. The number of nitrogens with one attached hydrogen (secondary N) is 1. The molecule has 3 aromatic carbocycles. The Labute approximate surface area is 288 Å². The number of aliphatic hydroxyl groups is 1. The molecule has 10 nitrogen and oxygen atoms in total. The maximum Gasteiger partial charge on any atom is 0.352 e. The Bertz CT molecular complexity index is 2030. The number of hydrazone groups is 1. The van der Waals surface area contributed by atoms with E-state index in [-0.39, 0.29) is 18.8 Å². The van der Waals surface area contributed by atoms with Crippen molar-refractivity contribution in [3.8, 4) is 5.75 Å². The molecule has 1 aliphatic heterocycles. The van der Waals surface area contributed by atoms with E-state index in [4.69, 9.17) is 21.4 Å². The van der Waals surface area contributed by atoms with Gasteiger partial charge >= 0.3 is 5.97 Å². The fourth-order valence-corrected chi connectivity index (χ4v) is 7.53. The predicted octanol–water partition coefficient (Wildman–Crippen LogP) is 6.46. The van der Waals surface area contributed by atoms with E-state index >= 15 is 0 Å². The van der Waals surface area contributed by atoms with Gasteiger partial charge in [0.25, 0.3) is 0 Å². The van der Waals surface area contributed by atoms with E-state index in [9.17, 15) is 15.0 Å². The summed E-state index contributed by atoms with van der Waals surface area (Å²) in [6, 6.07) is 18.3. The molecule has 0 saturated carbocycles. The summed E-state index contributed by atoms with van der Waals surface area (Å²) >= 11 is 8.60. The van der Waals surface area contributed by atoms with Gasteiger partial charge in [0.05, 0.1) is 36.7 Å². The zero-order valence-electron chi connectivity index (χ0n) is 27.2. The molecule has 0 atom stereocenters. The molecule has 5 aromatic rings. The summed E-state index contributed by atoms with van der Waals surface area (Å²) < 4.78 is 10.0. The average Bonchev–Trinajstić information content (AvgIpc) is 3.57. The minimum absolute atomic E-state index is 0.106. The number of thioether (sulfide) groups is 1. The molecule has 6 rings (SSSR count). The number of aromatic carboxylic acids is 1. The lowest BCUT2D eigenvalue weighted by Gasteiger charge is -2.22. The van der Waals surface area contributed by atoms with Gasteiger partial charge in [-0.1, -0.05) is 41.9 Å². The Morgan fingerprint density at radius 3 is 2.79 bits per heavy atom.